The van der Waals surface area contributed by atoms with Gasteiger partial charge in [0.15, 0.2) is 5.82 Å². The zero-order chi connectivity index (χ0) is 10.8. The highest BCUT2D eigenvalue weighted by atomic mass is 35.5. The third-order valence-electron chi connectivity index (χ3n) is 2.01. The fourth-order valence-electron chi connectivity index (χ4n) is 1.29. The Hall–Kier alpha value is -1.26. The number of hydrogen-bond donors (Lipinski definition) is 1. The predicted molar refractivity (Wildman–Crippen MR) is 63.5 cm³/mol. The van der Waals surface area contributed by atoms with Gasteiger partial charge in [-0.05, 0) is 23.7 Å². The highest BCUT2D eigenvalue weighted by Gasteiger charge is 2.14. The first kappa shape index (κ1) is 10.3. The highest BCUT2D eigenvalue weighted by Crippen LogP contribution is 2.40. The van der Waals surface area contributed by atoms with E-state index in [1.54, 1.807) is 7.11 Å². The van der Waals surface area contributed by atoms with E-state index >= 15 is 0 Å². The van der Waals surface area contributed by atoms with E-state index < -0.39 is 0 Å². The molecule has 2 rings (SSSR count). The second-order valence-corrected chi connectivity index (χ2v) is 4.06. The first-order valence-electron chi connectivity index (χ1n) is 4.28. The minimum absolute atomic E-state index is 0.363. The molecule has 0 unspecified atom stereocenters. The number of anilines is 1. The number of hydrogen-bond acceptors (Lipinski definition) is 4. The van der Waals surface area contributed by atoms with E-state index in [1.165, 1.54) is 11.5 Å². The SMILES string of the molecule is COc1ccccc1-c1snc(N)c1Cl. The normalized spacial score (nSPS) is 10.3. The molecule has 0 aliphatic carbocycles. The van der Waals surface area contributed by atoms with Gasteiger partial charge in [0, 0.05) is 5.56 Å². The Morgan fingerprint density at radius 2 is 2.13 bits per heavy atom. The summed E-state index contributed by atoms with van der Waals surface area (Å²) in [5, 5.41) is 0.490. The first-order chi connectivity index (χ1) is 7.24. The summed E-state index contributed by atoms with van der Waals surface area (Å²) in [7, 11) is 1.62. The van der Waals surface area contributed by atoms with Gasteiger partial charge in [-0.1, -0.05) is 23.7 Å². The molecule has 0 spiro atoms. The quantitative estimate of drug-likeness (QED) is 0.878. The van der Waals surface area contributed by atoms with Crippen molar-refractivity contribution in [1.82, 2.24) is 4.37 Å². The number of ether oxygens (including phenoxy) is 1. The molecule has 0 bridgehead atoms. The van der Waals surface area contributed by atoms with Crippen molar-refractivity contribution in [2.24, 2.45) is 0 Å². The van der Waals surface area contributed by atoms with Crippen molar-refractivity contribution in [3.63, 3.8) is 0 Å². The molecule has 0 aliphatic rings. The smallest absolute Gasteiger partial charge is 0.156 e. The van der Waals surface area contributed by atoms with Gasteiger partial charge in [-0.2, -0.15) is 4.37 Å². The summed E-state index contributed by atoms with van der Waals surface area (Å²) in [5.41, 5.74) is 6.51. The molecule has 2 aromatic rings. The van der Waals surface area contributed by atoms with Gasteiger partial charge in [0.1, 0.15) is 10.8 Å². The van der Waals surface area contributed by atoms with Gasteiger partial charge in [-0.3, -0.25) is 0 Å². The summed E-state index contributed by atoms with van der Waals surface area (Å²) < 4.78 is 9.24. The fourth-order valence-corrected chi connectivity index (χ4v) is 2.32. The summed E-state index contributed by atoms with van der Waals surface area (Å²) in [6, 6.07) is 7.63. The Morgan fingerprint density at radius 3 is 2.73 bits per heavy atom. The van der Waals surface area contributed by atoms with E-state index in [0.29, 0.717) is 10.8 Å². The van der Waals surface area contributed by atoms with E-state index in [9.17, 15) is 0 Å². The van der Waals surface area contributed by atoms with Crippen LogP contribution in [0.25, 0.3) is 10.4 Å². The van der Waals surface area contributed by atoms with Crippen molar-refractivity contribution in [2.45, 2.75) is 0 Å². The summed E-state index contributed by atoms with van der Waals surface area (Å²) in [6.45, 7) is 0. The maximum atomic E-state index is 6.04. The van der Waals surface area contributed by atoms with E-state index in [2.05, 4.69) is 4.37 Å². The van der Waals surface area contributed by atoms with E-state index in [-0.39, 0.29) is 0 Å². The standard InChI is InChI=1S/C10H9ClN2OS/c1-14-7-5-3-2-4-6(7)9-8(11)10(12)13-15-9/h2-5H,1H3,(H2,12,13). The molecule has 0 radical (unpaired) electrons. The van der Waals surface area contributed by atoms with Crippen LogP contribution in [-0.2, 0) is 0 Å². The molecule has 2 N–H and O–H groups in total. The molecule has 1 aromatic carbocycles. The monoisotopic (exact) mass is 240 g/mol. The molecule has 0 amide bonds. The topological polar surface area (TPSA) is 48.1 Å². The summed E-state index contributed by atoms with van der Waals surface area (Å²) in [6.07, 6.45) is 0. The molecule has 15 heavy (non-hydrogen) atoms. The summed E-state index contributed by atoms with van der Waals surface area (Å²) in [5.74, 6) is 1.13. The van der Waals surface area contributed by atoms with Gasteiger partial charge < -0.3 is 10.5 Å². The molecule has 1 heterocycles. The first-order valence-corrected chi connectivity index (χ1v) is 5.43. The Labute approximate surface area is 96.6 Å². The zero-order valence-corrected chi connectivity index (χ0v) is 9.60. The molecule has 3 nitrogen and oxygen atoms in total. The van der Waals surface area contributed by atoms with Crippen molar-refractivity contribution in [2.75, 3.05) is 12.8 Å². The van der Waals surface area contributed by atoms with E-state index in [4.69, 9.17) is 22.1 Å². The number of nitrogen functional groups attached to an aromatic ring is 1. The highest BCUT2D eigenvalue weighted by molar-refractivity contribution is 7.10. The largest absolute Gasteiger partial charge is 0.496 e. The van der Waals surface area contributed by atoms with E-state index in [1.807, 2.05) is 24.3 Å². The van der Waals surface area contributed by atoms with Crippen LogP contribution >= 0.6 is 23.1 Å². The van der Waals surface area contributed by atoms with Gasteiger partial charge in [0.2, 0.25) is 0 Å². The third-order valence-corrected chi connectivity index (χ3v) is 3.40. The lowest BCUT2D eigenvalue weighted by atomic mass is 10.1. The Balaban J connectivity index is 2.58. The number of aromatic nitrogens is 1. The second-order valence-electron chi connectivity index (χ2n) is 2.91. The van der Waals surface area contributed by atoms with Gasteiger partial charge in [-0.15, -0.1) is 0 Å². The molecular formula is C10H9ClN2OS. The lowest BCUT2D eigenvalue weighted by molar-refractivity contribution is 0.416. The van der Waals surface area contributed by atoms with Crippen molar-refractivity contribution >= 4 is 29.0 Å². The van der Waals surface area contributed by atoms with Crippen molar-refractivity contribution in [3.05, 3.63) is 29.3 Å². The van der Waals surface area contributed by atoms with Crippen molar-refractivity contribution < 1.29 is 4.74 Å². The molecular weight excluding hydrogens is 232 g/mol. The molecule has 0 saturated heterocycles. The van der Waals surface area contributed by atoms with Crippen molar-refractivity contribution in [1.29, 1.82) is 0 Å². The van der Waals surface area contributed by atoms with Crippen LogP contribution in [0.5, 0.6) is 5.75 Å². The molecule has 0 atom stereocenters. The Kier molecular flexibility index (Phi) is 2.79. The molecule has 5 heteroatoms. The van der Waals surface area contributed by atoms with Crippen LogP contribution in [0.2, 0.25) is 5.02 Å². The minimum atomic E-state index is 0.363. The maximum absolute atomic E-state index is 6.04. The molecule has 78 valence electrons. The summed E-state index contributed by atoms with van der Waals surface area (Å²) >= 11 is 7.31. The summed E-state index contributed by atoms with van der Waals surface area (Å²) in [4.78, 5) is 0.839. The third kappa shape index (κ3) is 1.78. The molecule has 0 aliphatic heterocycles. The number of nitrogens with zero attached hydrogens (tertiary/aromatic N) is 1. The number of rotatable bonds is 2. The Morgan fingerprint density at radius 1 is 1.40 bits per heavy atom. The van der Waals surface area contributed by atoms with Crippen LogP contribution < -0.4 is 10.5 Å². The van der Waals surface area contributed by atoms with Crippen LogP contribution in [0.3, 0.4) is 0 Å². The lowest BCUT2D eigenvalue weighted by Crippen LogP contribution is -1.86. The number of methoxy groups -OCH3 is 1. The molecule has 1 aromatic heterocycles. The number of halogens is 1. The predicted octanol–water partition coefficient (Wildman–Crippen LogP) is 3.05. The van der Waals surface area contributed by atoms with Crippen LogP contribution in [0.4, 0.5) is 5.82 Å². The van der Waals surface area contributed by atoms with Gasteiger partial charge in [0.05, 0.1) is 12.0 Å². The second kappa shape index (κ2) is 4.08. The van der Waals surface area contributed by atoms with Crippen LogP contribution in [0.1, 0.15) is 0 Å². The van der Waals surface area contributed by atoms with Gasteiger partial charge >= 0.3 is 0 Å². The number of para-hydroxylation sites is 1. The maximum Gasteiger partial charge on any atom is 0.156 e. The van der Waals surface area contributed by atoms with Crippen molar-refractivity contribution in [3.8, 4) is 16.2 Å². The van der Waals surface area contributed by atoms with Crippen LogP contribution in [-0.4, -0.2) is 11.5 Å². The Bertz CT molecular complexity index is 484. The van der Waals surface area contributed by atoms with E-state index in [0.717, 1.165) is 16.2 Å². The molecule has 0 saturated carbocycles. The molecule has 0 fully saturated rings. The fraction of sp³-hybridized carbons (Fsp3) is 0.100. The number of nitrogens with two attached hydrogens (primary N) is 1. The lowest BCUT2D eigenvalue weighted by Gasteiger charge is -2.05. The number of benzene rings is 1. The average molecular weight is 241 g/mol. The van der Waals surface area contributed by atoms with Gasteiger partial charge in [0.25, 0.3) is 0 Å². The minimum Gasteiger partial charge on any atom is -0.496 e. The van der Waals surface area contributed by atoms with Crippen LogP contribution in [0.15, 0.2) is 24.3 Å². The van der Waals surface area contributed by atoms with Crippen LogP contribution in [0, 0.1) is 0 Å². The average Bonchev–Trinajstić information content (AvgIpc) is 2.60. The zero-order valence-electron chi connectivity index (χ0n) is 8.03. The van der Waals surface area contributed by atoms with Gasteiger partial charge in [-0.25, -0.2) is 0 Å².